The summed E-state index contributed by atoms with van der Waals surface area (Å²) in [7, 11) is 2.84. The Morgan fingerprint density at radius 1 is 0.629 bits per heavy atom. The van der Waals surface area contributed by atoms with Gasteiger partial charge in [0.2, 0.25) is 0 Å². The minimum atomic E-state index is -1.32. The van der Waals surface area contributed by atoms with Gasteiger partial charge in [-0.15, -0.1) is 0 Å². The maximum absolute atomic E-state index is 11.7. The molecule has 0 fully saturated rings. The van der Waals surface area contributed by atoms with Crippen LogP contribution in [0.2, 0.25) is 0 Å². The van der Waals surface area contributed by atoms with Crippen LogP contribution < -0.4 is 9.47 Å². The Hall–Kier alpha value is -4.56. The predicted molar refractivity (Wildman–Crippen MR) is 108 cm³/mol. The van der Waals surface area contributed by atoms with Crippen molar-refractivity contribution in [1.29, 1.82) is 0 Å². The molecule has 0 aliphatic carbocycles. The number of carbonyl (C=O) groups is 4. The molecule has 0 spiro atoms. The fourth-order valence-electron chi connectivity index (χ4n) is 2.17. The number of hydrogen-bond acceptors (Lipinski definition) is 14. The van der Waals surface area contributed by atoms with Crippen LogP contribution in [0.5, 0.6) is 11.5 Å². The van der Waals surface area contributed by atoms with Crippen LogP contribution in [0.3, 0.4) is 0 Å². The van der Waals surface area contributed by atoms with E-state index >= 15 is 0 Å². The van der Waals surface area contributed by atoms with Crippen molar-refractivity contribution in [3.63, 3.8) is 0 Å². The van der Waals surface area contributed by atoms with Crippen LogP contribution in [-0.4, -0.2) is 51.7 Å². The third kappa shape index (κ3) is 9.85. The van der Waals surface area contributed by atoms with Gasteiger partial charge in [0.1, 0.15) is 11.5 Å². The summed E-state index contributed by atoms with van der Waals surface area (Å²) in [5.74, 6) is -1.07. The molecule has 2 rings (SSSR count). The lowest BCUT2D eigenvalue weighted by Gasteiger charge is -2.06. The smallest absolute Gasteiger partial charge is 0.497 e. The molecule has 35 heavy (non-hydrogen) atoms. The van der Waals surface area contributed by atoms with Gasteiger partial charge in [0.05, 0.1) is 48.6 Å². The Kier molecular flexibility index (Phi) is 11.1. The van der Waals surface area contributed by atoms with Crippen molar-refractivity contribution in [3.05, 3.63) is 59.7 Å². The van der Waals surface area contributed by atoms with Crippen molar-refractivity contribution in [3.8, 4) is 11.5 Å². The molecule has 188 valence electrons. The average molecular weight is 496 g/mol. The predicted octanol–water partition coefficient (Wildman–Crippen LogP) is 3.11. The van der Waals surface area contributed by atoms with Gasteiger partial charge in [-0.3, -0.25) is 9.78 Å². The standard InChI is InChI=1S/C21H20O14/c1-26-16-8-3-6-14(12-16)18(22)30-34-32-20(24)28-10-5-11-29-21(25)33-35-31-19(23)15-7-4-9-17(13-15)27-2/h3-4,6-9,12-13H,5,10-11H2,1-2H3. The number of rotatable bonds is 12. The highest BCUT2D eigenvalue weighted by Crippen LogP contribution is 2.14. The molecule has 0 aromatic heterocycles. The van der Waals surface area contributed by atoms with Crippen molar-refractivity contribution in [2.45, 2.75) is 6.42 Å². The summed E-state index contributed by atoms with van der Waals surface area (Å²) in [4.78, 5) is 62.9. The Bertz CT molecular complexity index is 926. The molecule has 0 aliphatic rings. The number of ether oxygens (including phenoxy) is 4. The van der Waals surface area contributed by atoms with Gasteiger partial charge in [-0.1, -0.05) is 12.1 Å². The molecule has 0 bridgehead atoms. The summed E-state index contributed by atoms with van der Waals surface area (Å²) in [6.45, 7) is -0.518. The van der Waals surface area contributed by atoms with Crippen LogP contribution in [0.15, 0.2) is 48.5 Å². The fraction of sp³-hybridized carbons (Fsp3) is 0.238. The molecular weight excluding hydrogens is 476 g/mol. The van der Waals surface area contributed by atoms with Gasteiger partial charge in [-0.05, 0) is 36.4 Å². The largest absolute Gasteiger partial charge is 0.543 e. The lowest BCUT2D eigenvalue weighted by molar-refractivity contribution is -0.452. The Balaban J connectivity index is 1.51. The highest BCUT2D eigenvalue weighted by atomic mass is 17.5. The first-order valence-corrected chi connectivity index (χ1v) is 9.65. The normalized spacial score (nSPS) is 9.89. The first-order valence-electron chi connectivity index (χ1n) is 9.65. The molecule has 0 atom stereocenters. The molecule has 14 nitrogen and oxygen atoms in total. The first kappa shape index (κ1) is 26.7. The van der Waals surface area contributed by atoms with E-state index in [0.717, 1.165) is 0 Å². The van der Waals surface area contributed by atoms with Gasteiger partial charge in [0.25, 0.3) is 0 Å². The molecule has 2 aromatic carbocycles. The van der Waals surface area contributed by atoms with Crippen molar-refractivity contribution in [1.82, 2.24) is 0 Å². The van der Waals surface area contributed by atoms with Gasteiger partial charge in [0.15, 0.2) is 0 Å². The second-order valence-corrected chi connectivity index (χ2v) is 6.06. The molecule has 0 heterocycles. The Morgan fingerprint density at radius 3 is 1.46 bits per heavy atom. The first-order chi connectivity index (χ1) is 16.9. The number of carbonyl (C=O) groups excluding carboxylic acids is 4. The molecule has 0 radical (unpaired) electrons. The molecule has 0 saturated heterocycles. The van der Waals surface area contributed by atoms with Crippen molar-refractivity contribution in [2.75, 3.05) is 27.4 Å². The molecule has 0 saturated carbocycles. The SMILES string of the molecule is COc1cccc(C(=O)OOOC(=O)OCCCOC(=O)OOOC(=O)c2cccc(OC)c2)c1. The zero-order valence-electron chi connectivity index (χ0n) is 18.5. The molecule has 0 aliphatic heterocycles. The van der Waals surface area contributed by atoms with Gasteiger partial charge in [-0.2, -0.15) is 0 Å². The number of methoxy groups -OCH3 is 2. The van der Waals surface area contributed by atoms with Crippen LogP contribution in [0.4, 0.5) is 9.59 Å². The van der Waals surface area contributed by atoms with Crippen LogP contribution in [-0.2, 0) is 39.1 Å². The molecule has 0 unspecified atom stereocenters. The lowest BCUT2D eigenvalue weighted by atomic mass is 10.2. The Morgan fingerprint density at radius 2 is 1.06 bits per heavy atom. The third-order valence-corrected chi connectivity index (χ3v) is 3.76. The average Bonchev–Trinajstić information content (AvgIpc) is 2.88. The molecule has 2 aromatic rings. The third-order valence-electron chi connectivity index (χ3n) is 3.76. The van der Waals surface area contributed by atoms with Crippen molar-refractivity contribution < 1.29 is 67.8 Å². The molecular formula is C21H20O14. The minimum absolute atomic E-state index is 0.0252. The summed E-state index contributed by atoms with van der Waals surface area (Å²) in [5, 5.41) is 8.11. The van der Waals surface area contributed by atoms with E-state index < -0.39 is 24.2 Å². The van der Waals surface area contributed by atoms with E-state index in [-0.39, 0.29) is 30.8 Å². The molecule has 0 N–H and O–H groups in total. The van der Waals surface area contributed by atoms with Gasteiger partial charge >= 0.3 is 24.2 Å². The van der Waals surface area contributed by atoms with E-state index in [1.165, 1.54) is 38.5 Å². The maximum Gasteiger partial charge on any atom is 0.543 e. The van der Waals surface area contributed by atoms with Crippen molar-refractivity contribution >= 4 is 24.2 Å². The topological polar surface area (TPSA) is 161 Å². The fourth-order valence-corrected chi connectivity index (χ4v) is 2.17. The zero-order valence-corrected chi connectivity index (χ0v) is 18.5. The van der Waals surface area contributed by atoms with E-state index in [2.05, 4.69) is 39.1 Å². The summed E-state index contributed by atoms with van der Waals surface area (Å²) >= 11 is 0. The summed E-state index contributed by atoms with van der Waals surface area (Å²) in [6, 6.07) is 11.9. The monoisotopic (exact) mass is 496 g/mol. The molecule has 0 amide bonds. The van der Waals surface area contributed by atoms with E-state index in [1.54, 1.807) is 24.3 Å². The lowest BCUT2D eigenvalue weighted by Crippen LogP contribution is -2.15. The second kappa shape index (κ2) is 14.6. The quantitative estimate of drug-likeness (QED) is 0.182. The second-order valence-electron chi connectivity index (χ2n) is 6.06. The molecule has 14 heteroatoms. The van der Waals surface area contributed by atoms with Crippen LogP contribution >= 0.6 is 0 Å². The number of benzene rings is 2. The van der Waals surface area contributed by atoms with E-state index in [1.807, 2.05) is 0 Å². The van der Waals surface area contributed by atoms with E-state index in [9.17, 15) is 19.2 Å². The maximum atomic E-state index is 11.7. The highest BCUT2D eigenvalue weighted by molar-refractivity contribution is 5.89. The van der Waals surface area contributed by atoms with E-state index in [0.29, 0.717) is 11.5 Å². The van der Waals surface area contributed by atoms with Gasteiger partial charge in [-0.25, -0.2) is 29.0 Å². The van der Waals surface area contributed by atoms with Crippen LogP contribution in [0.1, 0.15) is 27.1 Å². The highest BCUT2D eigenvalue weighted by Gasteiger charge is 2.14. The Labute approximate surface area is 197 Å². The van der Waals surface area contributed by atoms with Crippen LogP contribution in [0, 0.1) is 0 Å². The zero-order chi connectivity index (χ0) is 25.5. The van der Waals surface area contributed by atoms with Crippen LogP contribution in [0.25, 0.3) is 0 Å². The summed E-state index contributed by atoms with van der Waals surface area (Å²) in [5.41, 5.74) is 0.175. The number of hydrogen-bond donors (Lipinski definition) is 0. The van der Waals surface area contributed by atoms with E-state index in [4.69, 9.17) is 9.47 Å². The van der Waals surface area contributed by atoms with Crippen molar-refractivity contribution in [2.24, 2.45) is 0 Å². The van der Waals surface area contributed by atoms with Gasteiger partial charge < -0.3 is 18.9 Å². The summed E-state index contributed by atoms with van der Waals surface area (Å²) < 4.78 is 19.1. The summed E-state index contributed by atoms with van der Waals surface area (Å²) in [6.07, 6.45) is -2.62. The van der Waals surface area contributed by atoms with Gasteiger partial charge in [0, 0.05) is 6.42 Å². The minimum Gasteiger partial charge on any atom is -0.497 e.